The molecule has 1 aliphatic rings. The van der Waals surface area contributed by atoms with E-state index in [0.717, 1.165) is 24.8 Å². The first-order valence-corrected chi connectivity index (χ1v) is 6.83. The van der Waals surface area contributed by atoms with Crippen LogP contribution in [0, 0.1) is 17.7 Å². The van der Waals surface area contributed by atoms with Gasteiger partial charge in [-0.05, 0) is 52.7 Å². The number of carbonyl (C=O) groups excluding carboxylic acids is 1. The highest BCUT2D eigenvalue weighted by Gasteiger charge is 2.27. The van der Waals surface area contributed by atoms with Crippen molar-refractivity contribution in [2.75, 3.05) is 0 Å². The summed E-state index contributed by atoms with van der Waals surface area (Å²) in [4.78, 5) is 12.1. The minimum Gasteiger partial charge on any atom is -0.299 e. The molecule has 1 aromatic carbocycles. The molecule has 1 saturated carbocycles. The zero-order valence-corrected chi connectivity index (χ0v) is 11.5. The summed E-state index contributed by atoms with van der Waals surface area (Å²) in [7, 11) is 0. The first kappa shape index (κ1) is 12.7. The van der Waals surface area contributed by atoms with Crippen LogP contribution in [0.4, 0.5) is 4.39 Å². The van der Waals surface area contributed by atoms with E-state index in [0.29, 0.717) is 16.8 Å². The Hall–Kier alpha value is -0.700. The minimum absolute atomic E-state index is 0.181. The number of ketones is 1. The Balaban J connectivity index is 2.06. The molecule has 0 spiro atoms. The molecule has 1 nitrogen and oxygen atoms in total. The van der Waals surface area contributed by atoms with Crippen molar-refractivity contribution in [3.05, 3.63) is 34.1 Å². The SMILES string of the molecule is CC1CCC(C(=O)Cc2cccc(F)c2Br)C1. The average Bonchev–Trinajstić information content (AvgIpc) is 2.72. The second kappa shape index (κ2) is 5.30. The van der Waals surface area contributed by atoms with Gasteiger partial charge in [0, 0.05) is 12.3 Å². The third kappa shape index (κ3) is 2.95. The molecule has 17 heavy (non-hydrogen) atoms. The first-order valence-electron chi connectivity index (χ1n) is 6.03. The molecular weight excluding hydrogens is 283 g/mol. The molecule has 0 amide bonds. The highest BCUT2D eigenvalue weighted by Crippen LogP contribution is 2.32. The minimum atomic E-state index is -0.296. The number of rotatable bonds is 3. The lowest BCUT2D eigenvalue weighted by Crippen LogP contribution is -2.14. The Bertz CT molecular complexity index is 430. The summed E-state index contributed by atoms with van der Waals surface area (Å²) < 4.78 is 13.7. The van der Waals surface area contributed by atoms with Crippen molar-refractivity contribution in [2.24, 2.45) is 11.8 Å². The summed E-state index contributed by atoms with van der Waals surface area (Å²) in [5.41, 5.74) is 0.759. The van der Waals surface area contributed by atoms with E-state index in [1.165, 1.54) is 6.07 Å². The van der Waals surface area contributed by atoms with E-state index in [1.807, 2.05) is 6.07 Å². The Morgan fingerprint density at radius 3 is 2.88 bits per heavy atom. The van der Waals surface area contributed by atoms with Gasteiger partial charge in [-0.15, -0.1) is 0 Å². The molecule has 1 aliphatic carbocycles. The number of halogens is 2. The summed E-state index contributed by atoms with van der Waals surface area (Å²) in [5.74, 6) is 0.788. The van der Waals surface area contributed by atoms with Gasteiger partial charge < -0.3 is 0 Å². The fourth-order valence-electron chi connectivity index (χ4n) is 2.52. The van der Waals surface area contributed by atoms with Gasteiger partial charge in [0.05, 0.1) is 4.47 Å². The number of hydrogen-bond donors (Lipinski definition) is 0. The molecule has 3 heteroatoms. The normalized spacial score (nSPS) is 23.9. The molecule has 0 radical (unpaired) electrons. The lowest BCUT2D eigenvalue weighted by atomic mass is 9.96. The van der Waals surface area contributed by atoms with Crippen molar-refractivity contribution >= 4 is 21.7 Å². The van der Waals surface area contributed by atoms with Crippen LogP contribution in [0.15, 0.2) is 22.7 Å². The van der Waals surface area contributed by atoms with E-state index in [-0.39, 0.29) is 17.5 Å². The van der Waals surface area contributed by atoms with E-state index in [2.05, 4.69) is 22.9 Å². The zero-order chi connectivity index (χ0) is 12.4. The van der Waals surface area contributed by atoms with Crippen LogP contribution in [-0.4, -0.2) is 5.78 Å². The summed E-state index contributed by atoms with van der Waals surface area (Å²) >= 11 is 3.20. The number of Topliss-reactive ketones (excluding diaryl/α,β-unsaturated/α-hetero) is 1. The fraction of sp³-hybridized carbons (Fsp3) is 0.500. The van der Waals surface area contributed by atoms with Crippen molar-refractivity contribution < 1.29 is 9.18 Å². The van der Waals surface area contributed by atoms with E-state index in [1.54, 1.807) is 6.07 Å². The number of hydrogen-bond acceptors (Lipinski definition) is 1. The Labute approximate surface area is 110 Å². The molecule has 2 rings (SSSR count). The van der Waals surface area contributed by atoms with Crippen molar-refractivity contribution in [3.8, 4) is 0 Å². The predicted octanol–water partition coefficient (Wildman–Crippen LogP) is 4.14. The molecule has 0 bridgehead atoms. The third-order valence-corrected chi connectivity index (χ3v) is 4.43. The summed E-state index contributed by atoms with van der Waals surface area (Å²) in [5, 5.41) is 0. The standard InChI is InChI=1S/C14H16BrFO/c1-9-5-6-10(7-9)13(17)8-11-3-2-4-12(16)14(11)15/h2-4,9-10H,5-8H2,1H3. The second-order valence-electron chi connectivity index (χ2n) is 4.97. The summed E-state index contributed by atoms with van der Waals surface area (Å²) in [6, 6.07) is 4.86. The van der Waals surface area contributed by atoms with Crippen LogP contribution in [-0.2, 0) is 11.2 Å². The van der Waals surface area contributed by atoms with Crippen LogP contribution >= 0.6 is 15.9 Å². The number of benzene rings is 1. The largest absolute Gasteiger partial charge is 0.299 e. The molecule has 1 fully saturated rings. The maximum atomic E-state index is 13.3. The van der Waals surface area contributed by atoms with Gasteiger partial charge in [-0.2, -0.15) is 0 Å². The van der Waals surface area contributed by atoms with Crippen molar-refractivity contribution in [1.29, 1.82) is 0 Å². The van der Waals surface area contributed by atoms with E-state index in [9.17, 15) is 9.18 Å². The molecule has 0 heterocycles. The van der Waals surface area contributed by atoms with Gasteiger partial charge >= 0.3 is 0 Å². The second-order valence-corrected chi connectivity index (χ2v) is 5.76. The topological polar surface area (TPSA) is 17.1 Å². The van der Waals surface area contributed by atoms with Gasteiger partial charge in [-0.25, -0.2) is 4.39 Å². The van der Waals surface area contributed by atoms with E-state index < -0.39 is 0 Å². The molecular formula is C14H16BrFO. The average molecular weight is 299 g/mol. The third-order valence-electron chi connectivity index (χ3n) is 3.55. The van der Waals surface area contributed by atoms with Crippen LogP contribution in [0.3, 0.4) is 0 Å². The van der Waals surface area contributed by atoms with Crippen LogP contribution in [0.5, 0.6) is 0 Å². The molecule has 0 aliphatic heterocycles. The van der Waals surface area contributed by atoms with Crippen LogP contribution in [0.2, 0.25) is 0 Å². The summed E-state index contributed by atoms with van der Waals surface area (Å²) in [6.45, 7) is 2.19. The van der Waals surface area contributed by atoms with Gasteiger partial charge in [0.1, 0.15) is 11.6 Å². The van der Waals surface area contributed by atoms with Gasteiger partial charge in [-0.1, -0.05) is 19.1 Å². The molecule has 0 N–H and O–H groups in total. The molecule has 2 atom stereocenters. The highest BCUT2D eigenvalue weighted by molar-refractivity contribution is 9.10. The molecule has 0 saturated heterocycles. The maximum Gasteiger partial charge on any atom is 0.140 e. The van der Waals surface area contributed by atoms with Crippen molar-refractivity contribution in [2.45, 2.75) is 32.6 Å². The van der Waals surface area contributed by atoms with Crippen LogP contribution in [0.25, 0.3) is 0 Å². The number of carbonyl (C=O) groups is 1. The van der Waals surface area contributed by atoms with Gasteiger partial charge in [0.25, 0.3) is 0 Å². The smallest absolute Gasteiger partial charge is 0.140 e. The van der Waals surface area contributed by atoms with Crippen molar-refractivity contribution in [3.63, 3.8) is 0 Å². The lowest BCUT2D eigenvalue weighted by molar-refractivity contribution is -0.122. The quantitative estimate of drug-likeness (QED) is 0.820. The zero-order valence-electron chi connectivity index (χ0n) is 9.88. The lowest BCUT2D eigenvalue weighted by Gasteiger charge is -2.10. The molecule has 2 unspecified atom stereocenters. The Kier molecular flexibility index (Phi) is 3.97. The van der Waals surface area contributed by atoms with E-state index >= 15 is 0 Å². The Morgan fingerprint density at radius 1 is 1.47 bits per heavy atom. The fourth-order valence-corrected chi connectivity index (χ4v) is 2.92. The molecule has 0 aromatic heterocycles. The van der Waals surface area contributed by atoms with Gasteiger partial charge in [0.2, 0.25) is 0 Å². The van der Waals surface area contributed by atoms with E-state index in [4.69, 9.17) is 0 Å². The summed E-state index contributed by atoms with van der Waals surface area (Å²) in [6.07, 6.45) is 3.47. The predicted molar refractivity (Wildman–Crippen MR) is 69.3 cm³/mol. The van der Waals surface area contributed by atoms with Crippen LogP contribution in [0.1, 0.15) is 31.7 Å². The van der Waals surface area contributed by atoms with Crippen LogP contribution < -0.4 is 0 Å². The monoisotopic (exact) mass is 298 g/mol. The van der Waals surface area contributed by atoms with Gasteiger partial charge in [-0.3, -0.25) is 4.79 Å². The van der Waals surface area contributed by atoms with Gasteiger partial charge in [0.15, 0.2) is 0 Å². The molecule has 92 valence electrons. The van der Waals surface area contributed by atoms with Crippen molar-refractivity contribution in [1.82, 2.24) is 0 Å². The Morgan fingerprint density at radius 2 is 2.24 bits per heavy atom. The molecule has 1 aromatic rings. The maximum absolute atomic E-state index is 13.3. The highest BCUT2D eigenvalue weighted by atomic mass is 79.9. The first-order chi connectivity index (χ1) is 8.08.